The van der Waals surface area contributed by atoms with Crippen molar-refractivity contribution < 1.29 is 14.6 Å². The van der Waals surface area contributed by atoms with Gasteiger partial charge in [0, 0.05) is 12.5 Å². The summed E-state index contributed by atoms with van der Waals surface area (Å²) < 4.78 is 5.16. The Labute approximate surface area is 127 Å². The second-order valence-electron chi connectivity index (χ2n) is 5.46. The van der Waals surface area contributed by atoms with Gasteiger partial charge in [0.2, 0.25) is 0 Å². The smallest absolute Gasteiger partial charge is 0.308 e. The van der Waals surface area contributed by atoms with Gasteiger partial charge in [-0.1, -0.05) is 23.3 Å². The fourth-order valence-electron chi connectivity index (χ4n) is 1.95. The number of allylic oxidation sites excluding steroid dienone is 4. The van der Waals surface area contributed by atoms with Crippen molar-refractivity contribution in [2.75, 3.05) is 0 Å². The molecule has 114 valence electrons. The summed E-state index contributed by atoms with van der Waals surface area (Å²) in [6.45, 7) is 7.65. The maximum Gasteiger partial charge on any atom is 0.308 e. The second-order valence-corrected chi connectivity index (χ2v) is 5.46. The number of hydrogen-bond donors (Lipinski definition) is 1. The van der Waals surface area contributed by atoms with Crippen molar-refractivity contribution in [2.45, 2.75) is 47.0 Å². The molecule has 0 aliphatic carbocycles. The third kappa shape index (κ3) is 6.80. The number of carbonyl (C=O) groups excluding carboxylic acids is 1. The first-order valence-electron chi connectivity index (χ1n) is 7.17. The fraction of sp³-hybridized carbons (Fsp3) is 0.389. The van der Waals surface area contributed by atoms with Crippen LogP contribution in [0.3, 0.4) is 0 Å². The van der Waals surface area contributed by atoms with E-state index in [0.717, 1.165) is 18.4 Å². The molecular formula is C18H24O3. The zero-order chi connectivity index (χ0) is 15.8. The van der Waals surface area contributed by atoms with Gasteiger partial charge in [-0.05, 0) is 58.2 Å². The molecule has 1 N–H and O–H groups in total. The number of aromatic hydroxyl groups is 1. The second kappa shape index (κ2) is 8.30. The highest BCUT2D eigenvalue weighted by atomic mass is 16.5. The summed E-state index contributed by atoms with van der Waals surface area (Å²) >= 11 is 0. The van der Waals surface area contributed by atoms with E-state index in [2.05, 4.69) is 32.9 Å². The molecular weight excluding hydrogens is 264 g/mol. The Morgan fingerprint density at radius 3 is 2.52 bits per heavy atom. The Morgan fingerprint density at radius 2 is 1.90 bits per heavy atom. The average molecular weight is 288 g/mol. The number of esters is 1. The van der Waals surface area contributed by atoms with Crippen molar-refractivity contribution in [3.05, 3.63) is 47.1 Å². The largest absolute Gasteiger partial charge is 0.508 e. The van der Waals surface area contributed by atoms with Crippen LogP contribution in [0, 0.1) is 0 Å². The van der Waals surface area contributed by atoms with Gasteiger partial charge in [-0.2, -0.15) is 0 Å². The highest BCUT2D eigenvalue weighted by molar-refractivity contribution is 5.70. The molecule has 0 amide bonds. The van der Waals surface area contributed by atoms with Gasteiger partial charge in [0.25, 0.3) is 0 Å². The molecule has 0 heterocycles. The third-order valence-corrected chi connectivity index (χ3v) is 3.06. The van der Waals surface area contributed by atoms with Gasteiger partial charge in [0.1, 0.15) is 11.5 Å². The normalized spacial score (nSPS) is 11.1. The minimum atomic E-state index is -0.355. The number of rotatable bonds is 6. The van der Waals surface area contributed by atoms with Crippen LogP contribution in [0.15, 0.2) is 41.5 Å². The third-order valence-electron chi connectivity index (χ3n) is 3.06. The summed E-state index contributed by atoms with van der Waals surface area (Å²) in [5.41, 5.74) is 3.42. The maximum absolute atomic E-state index is 11.1. The van der Waals surface area contributed by atoms with Crippen LogP contribution in [0.25, 0.3) is 0 Å². The Kier molecular flexibility index (Phi) is 6.73. The lowest BCUT2D eigenvalue weighted by Gasteiger charge is -2.08. The number of ether oxygens (including phenoxy) is 1. The summed E-state index contributed by atoms with van der Waals surface area (Å²) in [6.07, 6.45) is 7.00. The van der Waals surface area contributed by atoms with Crippen LogP contribution in [0.2, 0.25) is 0 Å². The Morgan fingerprint density at radius 1 is 1.19 bits per heavy atom. The number of carbonyl (C=O) groups is 1. The van der Waals surface area contributed by atoms with Crippen LogP contribution in [0.5, 0.6) is 11.5 Å². The molecule has 0 radical (unpaired) electrons. The fourth-order valence-corrected chi connectivity index (χ4v) is 1.95. The lowest BCUT2D eigenvalue weighted by Crippen LogP contribution is -2.03. The van der Waals surface area contributed by atoms with Crippen LogP contribution in [0.1, 0.15) is 46.1 Å². The SMILES string of the molecule is CC(=O)Oc1ccc(O)cc1C/C=C(\C)CCC=C(C)C. The standard InChI is InChI=1S/C18H24O3/c1-13(2)6-5-7-14(3)8-9-16-12-17(20)10-11-18(16)21-15(4)19/h6,8,10-12,20H,5,7,9H2,1-4H3/b14-8+. The van der Waals surface area contributed by atoms with E-state index >= 15 is 0 Å². The Hall–Kier alpha value is -2.03. The molecule has 0 aromatic heterocycles. The molecule has 3 heteroatoms. The molecule has 0 saturated carbocycles. The summed E-state index contributed by atoms with van der Waals surface area (Å²) in [5.74, 6) is 0.330. The van der Waals surface area contributed by atoms with Crippen LogP contribution in [-0.2, 0) is 11.2 Å². The zero-order valence-corrected chi connectivity index (χ0v) is 13.3. The molecule has 3 nitrogen and oxygen atoms in total. The van der Waals surface area contributed by atoms with E-state index in [4.69, 9.17) is 4.74 Å². The van der Waals surface area contributed by atoms with Gasteiger partial charge >= 0.3 is 5.97 Å². The van der Waals surface area contributed by atoms with Crippen LogP contribution in [0.4, 0.5) is 0 Å². The van der Waals surface area contributed by atoms with Gasteiger partial charge in [0.05, 0.1) is 0 Å². The van der Waals surface area contributed by atoms with Crippen molar-refractivity contribution in [3.8, 4) is 11.5 Å². The highest BCUT2D eigenvalue weighted by Gasteiger charge is 2.06. The lowest BCUT2D eigenvalue weighted by atomic mass is 10.1. The molecule has 0 saturated heterocycles. The first kappa shape index (κ1) is 17.0. The topological polar surface area (TPSA) is 46.5 Å². The van der Waals surface area contributed by atoms with E-state index in [0.29, 0.717) is 12.2 Å². The molecule has 0 unspecified atom stereocenters. The molecule has 1 rings (SSSR count). The molecule has 0 spiro atoms. The van der Waals surface area contributed by atoms with Crippen LogP contribution < -0.4 is 4.74 Å². The van der Waals surface area contributed by atoms with Crippen LogP contribution >= 0.6 is 0 Å². The van der Waals surface area contributed by atoms with E-state index in [1.807, 2.05) is 0 Å². The van der Waals surface area contributed by atoms with Crippen molar-refractivity contribution in [1.82, 2.24) is 0 Å². The number of phenols is 1. The summed E-state index contributed by atoms with van der Waals surface area (Å²) in [5, 5.41) is 9.57. The molecule has 0 atom stereocenters. The summed E-state index contributed by atoms with van der Waals surface area (Å²) in [7, 11) is 0. The van der Waals surface area contributed by atoms with Gasteiger partial charge in [-0.15, -0.1) is 0 Å². The van der Waals surface area contributed by atoms with E-state index in [1.165, 1.54) is 24.1 Å². The van der Waals surface area contributed by atoms with Gasteiger partial charge in [0.15, 0.2) is 0 Å². The van der Waals surface area contributed by atoms with Crippen LogP contribution in [-0.4, -0.2) is 11.1 Å². The number of hydrogen-bond acceptors (Lipinski definition) is 3. The average Bonchev–Trinajstić information content (AvgIpc) is 2.38. The summed E-state index contributed by atoms with van der Waals surface area (Å²) in [4.78, 5) is 11.1. The maximum atomic E-state index is 11.1. The van der Waals surface area contributed by atoms with E-state index < -0.39 is 0 Å². The van der Waals surface area contributed by atoms with Crippen molar-refractivity contribution in [2.24, 2.45) is 0 Å². The van der Waals surface area contributed by atoms with E-state index in [1.54, 1.807) is 12.1 Å². The molecule has 1 aromatic rings. The number of phenolic OH excluding ortho intramolecular Hbond substituents is 1. The minimum Gasteiger partial charge on any atom is -0.508 e. The lowest BCUT2D eigenvalue weighted by molar-refractivity contribution is -0.131. The molecule has 0 fully saturated rings. The number of benzene rings is 1. The predicted molar refractivity (Wildman–Crippen MR) is 85.5 cm³/mol. The van der Waals surface area contributed by atoms with Gasteiger partial charge in [-0.3, -0.25) is 4.79 Å². The highest BCUT2D eigenvalue weighted by Crippen LogP contribution is 2.25. The zero-order valence-electron chi connectivity index (χ0n) is 13.3. The van der Waals surface area contributed by atoms with E-state index in [-0.39, 0.29) is 11.7 Å². The van der Waals surface area contributed by atoms with Crippen molar-refractivity contribution in [1.29, 1.82) is 0 Å². The van der Waals surface area contributed by atoms with Gasteiger partial charge in [-0.25, -0.2) is 0 Å². The molecule has 0 aliphatic rings. The predicted octanol–water partition coefficient (Wildman–Crippen LogP) is 4.55. The monoisotopic (exact) mass is 288 g/mol. The van der Waals surface area contributed by atoms with E-state index in [9.17, 15) is 9.90 Å². The quantitative estimate of drug-likeness (QED) is 0.474. The first-order valence-corrected chi connectivity index (χ1v) is 7.17. The molecule has 1 aromatic carbocycles. The van der Waals surface area contributed by atoms with Gasteiger partial charge < -0.3 is 9.84 Å². The first-order chi connectivity index (χ1) is 9.88. The minimum absolute atomic E-state index is 0.177. The van der Waals surface area contributed by atoms with Crippen molar-refractivity contribution >= 4 is 5.97 Å². The molecule has 0 aliphatic heterocycles. The molecule has 0 bridgehead atoms. The molecule has 21 heavy (non-hydrogen) atoms. The summed E-state index contributed by atoms with van der Waals surface area (Å²) in [6, 6.07) is 4.78. The Balaban J connectivity index is 2.74. The Bertz CT molecular complexity index is 550. The van der Waals surface area contributed by atoms with Crippen molar-refractivity contribution in [3.63, 3.8) is 0 Å².